The van der Waals surface area contributed by atoms with E-state index in [4.69, 9.17) is 5.73 Å². The number of nitrogens with two attached hydrogens (primary N) is 1. The Balaban J connectivity index is 2.09. The molecule has 3 N–H and O–H groups in total. The molecule has 2 aromatic heterocycles. The molecule has 0 aliphatic carbocycles. The number of rotatable bonds is 5. The predicted molar refractivity (Wildman–Crippen MR) is 75.7 cm³/mol. The van der Waals surface area contributed by atoms with E-state index in [0.717, 1.165) is 5.39 Å². The number of anilines is 1. The van der Waals surface area contributed by atoms with Gasteiger partial charge < -0.3 is 11.1 Å². The number of carbonyl (C=O) groups excluding carboxylic acids is 1. The fourth-order valence-corrected chi connectivity index (χ4v) is 1.90. The molecule has 2 rings (SSSR count). The molecule has 2 heterocycles. The maximum absolute atomic E-state index is 11.2. The lowest BCUT2D eigenvalue weighted by atomic mass is 10.3. The van der Waals surface area contributed by atoms with Gasteiger partial charge in [0.1, 0.15) is 11.6 Å². The number of hydrogen-bond acceptors (Lipinski definition) is 6. The molecule has 0 spiro atoms. The molecule has 108 valence electrons. The van der Waals surface area contributed by atoms with Crippen LogP contribution in [0.3, 0.4) is 0 Å². The summed E-state index contributed by atoms with van der Waals surface area (Å²) in [5, 5.41) is 7.46. The van der Waals surface area contributed by atoms with E-state index in [2.05, 4.69) is 20.4 Å². The Morgan fingerprint density at radius 1 is 1.50 bits per heavy atom. The van der Waals surface area contributed by atoms with Crippen LogP contribution in [-0.2, 0) is 18.4 Å². The lowest BCUT2D eigenvalue weighted by Gasteiger charge is -2.15. The molecule has 0 unspecified atom stereocenters. The number of nitrogens with one attached hydrogen (secondary N) is 1. The molecule has 0 aromatic carbocycles. The van der Waals surface area contributed by atoms with Gasteiger partial charge in [0.25, 0.3) is 0 Å². The lowest BCUT2D eigenvalue weighted by Crippen LogP contribution is -2.27. The number of aromatic nitrogens is 4. The van der Waals surface area contributed by atoms with Gasteiger partial charge in [-0.2, -0.15) is 5.10 Å². The SMILES string of the molecule is CNC(=O)CCN(C)Cc1nc(N)c2cnn(C)c2n1. The zero-order chi connectivity index (χ0) is 14.7. The number of aryl methyl sites for hydroxylation is 1. The minimum absolute atomic E-state index is 0.0133. The maximum atomic E-state index is 11.2. The molecule has 0 atom stereocenters. The number of hydrogen-bond donors (Lipinski definition) is 2. The van der Waals surface area contributed by atoms with E-state index in [1.807, 2.05) is 19.0 Å². The lowest BCUT2D eigenvalue weighted by molar-refractivity contribution is -0.120. The Hall–Kier alpha value is -2.22. The van der Waals surface area contributed by atoms with Gasteiger partial charge in [0, 0.05) is 27.1 Å². The summed E-state index contributed by atoms with van der Waals surface area (Å²) >= 11 is 0. The Morgan fingerprint density at radius 3 is 2.95 bits per heavy atom. The van der Waals surface area contributed by atoms with Crippen LogP contribution < -0.4 is 11.1 Å². The van der Waals surface area contributed by atoms with Gasteiger partial charge in [0.15, 0.2) is 5.65 Å². The van der Waals surface area contributed by atoms with Gasteiger partial charge in [0.2, 0.25) is 5.91 Å². The first-order valence-electron chi connectivity index (χ1n) is 6.34. The summed E-state index contributed by atoms with van der Waals surface area (Å²) in [6.07, 6.45) is 2.10. The molecule has 0 aliphatic rings. The second-order valence-corrected chi connectivity index (χ2v) is 4.69. The molecule has 0 bridgehead atoms. The molecule has 8 nitrogen and oxygen atoms in total. The summed E-state index contributed by atoms with van der Waals surface area (Å²) in [5.74, 6) is 1.06. The van der Waals surface area contributed by atoms with Crippen LogP contribution in [0.15, 0.2) is 6.20 Å². The fourth-order valence-electron chi connectivity index (χ4n) is 1.90. The molecule has 1 amide bonds. The highest BCUT2D eigenvalue weighted by molar-refractivity contribution is 5.84. The van der Waals surface area contributed by atoms with Crippen LogP contribution in [0.2, 0.25) is 0 Å². The number of nitrogens with zero attached hydrogens (tertiary/aromatic N) is 5. The first kappa shape index (κ1) is 14.2. The average Bonchev–Trinajstić information content (AvgIpc) is 2.78. The minimum atomic E-state index is 0.0133. The van der Waals surface area contributed by atoms with E-state index < -0.39 is 0 Å². The quantitative estimate of drug-likeness (QED) is 0.765. The van der Waals surface area contributed by atoms with Gasteiger partial charge in [-0.3, -0.25) is 14.4 Å². The van der Waals surface area contributed by atoms with Crippen molar-refractivity contribution in [1.29, 1.82) is 0 Å². The molecular formula is C12H19N7O. The van der Waals surface area contributed by atoms with Crippen LogP contribution in [0.1, 0.15) is 12.2 Å². The standard InChI is InChI=1S/C12H19N7O/c1-14-10(20)4-5-18(2)7-9-16-11(13)8-6-15-19(3)12(8)17-9/h6H,4-5,7H2,1-3H3,(H,14,20)(H2,13,16,17). The van der Waals surface area contributed by atoms with Crippen LogP contribution in [0.5, 0.6) is 0 Å². The number of amides is 1. The Morgan fingerprint density at radius 2 is 2.25 bits per heavy atom. The normalized spacial score (nSPS) is 11.2. The predicted octanol–water partition coefficient (Wildman–Crippen LogP) is -0.487. The van der Waals surface area contributed by atoms with Crippen molar-refractivity contribution in [3.05, 3.63) is 12.0 Å². The van der Waals surface area contributed by atoms with Gasteiger partial charge in [-0.1, -0.05) is 0 Å². The van der Waals surface area contributed by atoms with Crippen molar-refractivity contribution in [2.45, 2.75) is 13.0 Å². The summed E-state index contributed by atoms with van der Waals surface area (Å²) in [5.41, 5.74) is 6.62. The summed E-state index contributed by atoms with van der Waals surface area (Å²) in [6, 6.07) is 0. The second-order valence-electron chi connectivity index (χ2n) is 4.69. The number of fused-ring (bicyclic) bond motifs is 1. The first-order valence-corrected chi connectivity index (χ1v) is 6.34. The van der Waals surface area contributed by atoms with Gasteiger partial charge in [-0.25, -0.2) is 9.97 Å². The van der Waals surface area contributed by atoms with Crippen LogP contribution >= 0.6 is 0 Å². The Kier molecular flexibility index (Phi) is 4.14. The van der Waals surface area contributed by atoms with E-state index in [9.17, 15) is 4.79 Å². The topological polar surface area (TPSA) is 102 Å². The van der Waals surface area contributed by atoms with E-state index in [0.29, 0.717) is 36.8 Å². The summed E-state index contributed by atoms with van der Waals surface area (Å²) in [7, 11) is 5.35. The number of carbonyl (C=O) groups is 1. The first-order chi connectivity index (χ1) is 9.51. The minimum Gasteiger partial charge on any atom is -0.383 e. The van der Waals surface area contributed by atoms with E-state index in [1.54, 1.807) is 17.9 Å². The highest BCUT2D eigenvalue weighted by Crippen LogP contribution is 2.16. The molecule has 2 aromatic rings. The van der Waals surface area contributed by atoms with E-state index in [1.165, 1.54) is 0 Å². The summed E-state index contributed by atoms with van der Waals surface area (Å²) < 4.78 is 1.67. The molecule has 20 heavy (non-hydrogen) atoms. The van der Waals surface area contributed by atoms with Crippen molar-refractivity contribution in [2.75, 3.05) is 26.4 Å². The Labute approximate surface area is 117 Å². The highest BCUT2D eigenvalue weighted by atomic mass is 16.1. The zero-order valence-electron chi connectivity index (χ0n) is 11.9. The van der Waals surface area contributed by atoms with Gasteiger partial charge in [-0.15, -0.1) is 0 Å². The zero-order valence-corrected chi connectivity index (χ0v) is 11.9. The van der Waals surface area contributed by atoms with Crippen LogP contribution in [0.4, 0.5) is 5.82 Å². The molecule has 0 saturated heterocycles. The largest absolute Gasteiger partial charge is 0.383 e. The third-order valence-corrected chi connectivity index (χ3v) is 3.08. The second kappa shape index (κ2) is 5.83. The summed E-state index contributed by atoms with van der Waals surface area (Å²) in [6.45, 7) is 1.16. The van der Waals surface area contributed by atoms with Gasteiger partial charge in [0.05, 0.1) is 18.1 Å². The van der Waals surface area contributed by atoms with Crippen molar-refractivity contribution in [2.24, 2.45) is 7.05 Å². The van der Waals surface area contributed by atoms with Crippen LogP contribution in [0, 0.1) is 0 Å². The van der Waals surface area contributed by atoms with Crippen LogP contribution in [-0.4, -0.2) is 51.2 Å². The van der Waals surface area contributed by atoms with Crippen molar-refractivity contribution < 1.29 is 4.79 Å². The molecule has 0 aliphatic heterocycles. The van der Waals surface area contributed by atoms with Gasteiger partial charge in [-0.05, 0) is 7.05 Å². The van der Waals surface area contributed by atoms with Gasteiger partial charge >= 0.3 is 0 Å². The van der Waals surface area contributed by atoms with Crippen molar-refractivity contribution in [3.63, 3.8) is 0 Å². The van der Waals surface area contributed by atoms with E-state index >= 15 is 0 Å². The average molecular weight is 277 g/mol. The van der Waals surface area contributed by atoms with Crippen molar-refractivity contribution in [1.82, 2.24) is 30.0 Å². The fraction of sp³-hybridized carbons (Fsp3) is 0.500. The monoisotopic (exact) mass is 277 g/mol. The smallest absolute Gasteiger partial charge is 0.221 e. The molecule has 8 heteroatoms. The molecule has 0 radical (unpaired) electrons. The maximum Gasteiger partial charge on any atom is 0.221 e. The molecule has 0 saturated carbocycles. The Bertz CT molecular complexity index is 622. The van der Waals surface area contributed by atoms with E-state index in [-0.39, 0.29) is 5.91 Å². The third kappa shape index (κ3) is 3.02. The molecular weight excluding hydrogens is 258 g/mol. The summed E-state index contributed by atoms with van der Waals surface area (Å²) in [4.78, 5) is 21.9. The van der Waals surface area contributed by atoms with Crippen LogP contribution in [0.25, 0.3) is 11.0 Å². The number of nitrogen functional groups attached to an aromatic ring is 1. The molecule has 0 fully saturated rings. The van der Waals surface area contributed by atoms with Crippen molar-refractivity contribution in [3.8, 4) is 0 Å². The van der Waals surface area contributed by atoms with Crippen molar-refractivity contribution >= 4 is 22.8 Å². The third-order valence-electron chi connectivity index (χ3n) is 3.08. The highest BCUT2D eigenvalue weighted by Gasteiger charge is 2.11.